The Balaban J connectivity index is 1.80. The fraction of sp³-hybridized carbons (Fsp3) is 0.733. The van der Waals surface area contributed by atoms with E-state index >= 15 is 0 Å². The number of nitrogens with one attached hydrogen (secondary N) is 1. The summed E-state index contributed by atoms with van der Waals surface area (Å²) in [7, 11) is 0. The highest BCUT2D eigenvalue weighted by Crippen LogP contribution is 2.63. The summed E-state index contributed by atoms with van der Waals surface area (Å²) in [6.45, 7) is 11.4. The van der Waals surface area contributed by atoms with E-state index in [2.05, 4.69) is 11.9 Å². The van der Waals surface area contributed by atoms with Crippen LogP contribution in [0.4, 0.5) is 4.79 Å². The second-order valence-corrected chi connectivity index (χ2v) is 13.1. The van der Waals surface area contributed by atoms with Crippen LogP contribution in [-0.2, 0) is 33.3 Å². The van der Waals surface area contributed by atoms with Crippen LogP contribution in [-0.4, -0.2) is 116 Å². The van der Waals surface area contributed by atoms with Gasteiger partial charge >= 0.3 is 18.0 Å². The predicted octanol–water partition coefficient (Wildman–Crippen LogP) is -0.570. The van der Waals surface area contributed by atoms with Gasteiger partial charge in [0.15, 0.2) is 11.9 Å². The first-order valence-corrected chi connectivity index (χ1v) is 14.6. The smallest absolute Gasteiger partial charge is 0.407 e. The van der Waals surface area contributed by atoms with Crippen LogP contribution in [0.3, 0.4) is 0 Å². The zero-order chi connectivity index (χ0) is 33.2. The summed E-state index contributed by atoms with van der Waals surface area (Å²) in [5, 5.41) is 60.4. The number of amides is 1. The molecule has 0 spiro atoms. The van der Waals surface area contributed by atoms with Gasteiger partial charge in [0.1, 0.15) is 36.1 Å². The van der Waals surface area contributed by atoms with E-state index in [9.17, 15) is 44.7 Å². The second-order valence-electron chi connectivity index (χ2n) is 13.1. The molecule has 1 unspecified atom stereocenters. The summed E-state index contributed by atoms with van der Waals surface area (Å²) in [4.78, 5) is 51.8. The van der Waals surface area contributed by atoms with E-state index in [1.165, 1.54) is 40.7 Å². The molecule has 1 amide bonds. The Kier molecular flexibility index (Phi) is 8.87. The lowest BCUT2D eigenvalue weighted by Gasteiger charge is -2.66. The number of ketones is 1. The van der Waals surface area contributed by atoms with Gasteiger partial charge in [-0.05, 0) is 31.9 Å². The Morgan fingerprint density at radius 1 is 1.18 bits per heavy atom. The maximum atomic E-state index is 14.2. The van der Waals surface area contributed by atoms with E-state index in [1.54, 1.807) is 0 Å². The van der Waals surface area contributed by atoms with Crippen molar-refractivity contribution in [1.82, 2.24) is 5.32 Å². The van der Waals surface area contributed by atoms with Crippen LogP contribution >= 0.6 is 0 Å². The van der Waals surface area contributed by atoms with Crippen LogP contribution in [0.2, 0.25) is 0 Å². The third kappa shape index (κ3) is 4.95. The van der Waals surface area contributed by atoms with E-state index in [0.717, 1.165) is 6.92 Å². The van der Waals surface area contributed by atoms with Crippen molar-refractivity contribution in [1.29, 1.82) is 0 Å². The molecule has 0 aromatic heterocycles. The summed E-state index contributed by atoms with van der Waals surface area (Å²) in [6, 6.07) is -1.17. The van der Waals surface area contributed by atoms with Gasteiger partial charge in [-0.2, -0.15) is 0 Å². The number of carbonyl (C=O) groups is 4. The van der Waals surface area contributed by atoms with E-state index in [0.29, 0.717) is 0 Å². The van der Waals surface area contributed by atoms with Crippen molar-refractivity contribution in [2.24, 2.45) is 16.7 Å². The monoisotopic (exact) mass is 625 g/mol. The highest BCUT2D eigenvalue weighted by Gasteiger charge is 2.76. The number of aliphatic hydroxyl groups is 5. The molecule has 1 heterocycles. The minimum absolute atomic E-state index is 0.0225. The number of esters is 2. The topological polar surface area (TPSA) is 218 Å². The lowest BCUT2D eigenvalue weighted by Crippen LogP contribution is -2.81. The number of ether oxygens (including phenoxy) is 4. The average molecular weight is 626 g/mol. The van der Waals surface area contributed by atoms with Gasteiger partial charge in [0.05, 0.1) is 30.3 Å². The van der Waals surface area contributed by atoms with Gasteiger partial charge in [-0.3, -0.25) is 9.59 Å². The van der Waals surface area contributed by atoms with E-state index in [4.69, 9.17) is 18.9 Å². The molecule has 11 atom stereocenters. The van der Waals surface area contributed by atoms with Crippen molar-refractivity contribution in [3.63, 3.8) is 0 Å². The molecule has 4 rings (SSSR count). The molecule has 1 saturated heterocycles. The first kappa shape index (κ1) is 34.0. The quantitative estimate of drug-likeness (QED) is 0.119. The van der Waals surface area contributed by atoms with Gasteiger partial charge in [0, 0.05) is 31.1 Å². The number of fused-ring (bicyclic) bond motifs is 5. The molecule has 6 N–H and O–H groups in total. The van der Waals surface area contributed by atoms with Crippen molar-refractivity contribution >= 4 is 23.8 Å². The third-order valence-corrected chi connectivity index (χ3v) is 10.3. The van der Waals surface area contributed by atoms with Crippen LogP contribution in [0.25, 0.3) is 0 Å². The predicted molar refractivity (Wildman–Crippen MR) is 150 cm³/mol. The number of alkyl carbamates (subject to hydrolysis) is 1. The third-order valence-electron chi connectivity index (χ3n) is 10.3. The van der Waals surface area contributed by atoms with Crippen molar-refractivity contribution in [2.45, 2.75) is 108 Å². The SMILES string of the molecule is C=CCOC(=O)N[C@@H](C)[C@@H](O)C(=O)OC1C[C@@]2(O)[C@@H](OC(C)=O)[C@@H]3[C@]4(O)CO[C@@H]4C[C@H](O)[C@@]3(C)C(=O)[C@H](O)C(=C1C)C2(C)C. The zero-order valence-corrected chi connectivity index (χ0v) is 25.7. The summed E-state index contributed by atoms with van der Waals surface area (Å²) in [5.41, 5.74) is -7.27. The molecular formula is C30H43NO13. The average Bonchev–Trinajstić information content (AvgIpc) is 2.93. The van der Waals surface area contributed by atoms with E-state index < -0.39 is 101 Å². The van der Waals surface area contributed by atoms with Crippen molar-refractivity contribution in [3.8, 4) is 0 Å². The molecule has 246 valence electrons. The van der Waals surface area contributed by atoms with Crippen molar-refractivity contribution in [2.75, 3.05) is 13.2 Å². The zero-order valence-electron chi connectivity index (χ0n) is 25.7. The maximum Gasteiger partial charge on any atom is 0.407 e. The van der Waals surface area contributed by atoms with E-state index in [1.807, 2.05) is 0 Å². The molecule has 0 aromatic rings. The minimum atomic E-state index is -2.21. The first-order chi connectivity index (χ1) is 20.3. The highest BCUT2D eigenvalue weighted by atomic mass is 16.6. The maximum absolute atomic E-state index is 14.2. The largest absolute Gasteiger partial charge is 0.459 e. The van der Waals surface area contributed by atoms with Crippen LogP contribution < -0.4 is 5.32 Å². The first-order valence-electron chi connectivity index (χ1n) is 14.6. The van der Waals surface area contributed by atoms with E-state index in [-0.39, 0.29) is 30.8 Å². The van der Waals surface area contributed by atoms with Gasteiger partial charge in [-0.15, -0.1) is 0 Å². The fourth-order valence-corrected chi connectivity index (χ4v) is 7.65. The Morgan fingerprint density at radius 3 is 2.36 bits per heavy atom. The Hall–Kier alpha value is -2.88. The van der Waals surface area contributed by atoms with Gasteiger partial charge < -0.3 is 49.8 Å². The Labute approximate surface area is 255 Å². The summed E-state index contributed by atoms with van der Waals surface area (Å²) in [5.74, 6) is -4.37. The molecule has 44 heavy (non-hydrogen) atoms. The number of carbonyl (C=O) groups excluding carboxylic acids is 4. The molecule has 14 heteroatoms. The van der Waals surface area contributed by atoms with Crippen LogP contribution in [0.5, 0.6) is 0 Å². The van der Waals surface area contributed by atoms with Gasteiger partial charge in [0.2, 0.25) is 0 Å². The highest BCUT2D eigenvalue weighted by molar-refractivity contribution is 5.93. The van der Waals surface area contributed by atoms with Gasteiger partial charge in [-0.1, -0.05) is 26.5 Å². The number of aliphatic hydroxyl groups excluding tert-OH is 3. The van der Waals surface area contributed by atoms with Crippen molar-refractivity contribution < 1.29 is 63.7 Å². The number of rotatable bonds is 7. The molecule has 14 nitrogen and oxygen atoms in total. The lowest BCUT2D eigenvalue weighted by atomic mass is 9.45. The number of hydrogen-bond donors (Lipinski definition) is 6. The second kappa shape index (κ2) is 11.5. The molecule has 4 aliphatic rings. The summed E-state index contributed by atoms with van der Waals surface area (Å²) in [6.07, 6.45) is -9.38. The Bertz CT molecular complexity index is 1260. The van der Waals surface area contributed by atoms with Crippen molar-refractivity contribution in [3.05, 3.63) is 23.8 Å². The van der Waals surface area contributed by atoms with Gasteiger partial charge in [-0.25, -0.2) is 9.59 Å². The molecular weight excluding hydrogens is 582 g/mol. The van der Waals surface area contributed by atoms with Gasteiger partial charge in [0.25, 0.3) is 0 Å². The molecule has 2 bridgehead atoms. The molecule has 0 radical (unpaired) electrons. The fourth-order valence-electron chi connectivity index (χ4n) is 7.65. The molecule has 3 fully saturated rings. The molecule has 3 aliphatic carbocycles. The normalized spacial score (nSPS) is 40.5. The number of hydrogen-bond acceptors (Lipinski definition) is 13. The Morgan fingerprint density at radius 2 is 1.82 bits per heavy atom. The molecule has 2 saturated carbocycles. The lowest BCUT2D eigenvalue weighted by molar-refractivity contribution is -0.345. The minimum Gasteiger partial charge on any atom is -0.459 e. The molecule has 1 aliphatic heterocycles. The summed E-state index contributed by atoms with van der Waals surface area (Å²) >= 11 is 0. The summed E-state index contributed by atoms with van der Waals surface area (Å²) < 4.78 is 21.7. The molecule has 0 aromatic carbocycles. The van der Waals surface area contributed by atoms with Crippen LogP contribution in [0, 0.1) is 16.7 Å². The number of Topliss-reactive ketones (excluding diaryl/α,β-unsaturated/α-hetero) is 1. The van der Waals surface area contributed by atoms with Crippen LogP contribution in [0.15, 0.2) is 23.8 Å². The standard InChI is InChI=1S/C30H43NO13/c1-8-9-41-26(38)31-14(3)20(34)25(37)44-16-11-30(40)24(43-15(4)32)22-28(7,17(33)10-18-29(22,39)12-42-18)23(36)21(35)19(13(16)2)27(30,5)6/h8,14,16-18,20-22,24,33-35,39-40H,1,9-12H2,2-7H3,(H,31,38)/t14-,16?,17-,18+,20+,21+,22-,24-,28+,29-,30+/m0/s1. The van der Waals surface area contributed by atoms with Crippen LogP contribution in [0.1, 0.15) is 54.4 Å².